The molecule has 0 radical (unpaired) electrons. The first kappa shape index (κ1) is 13.1. The number of alkyl halides is 4. The lowest BCUT2D eigenvalue weighted by Gasteiger charge is -2.09. The van der Waals surface area contributed by atoms with Crippen LogP contribution < -0.4 is 0 Å². The van der Waals surface area contributed by atoms with E-state index in [2.05, 4.69) is 10.1 Å². The molecular formula is C10H8ClF4N3. The van der Waals surface area contributed by atoms with Crippen molar-refractivity contribution >= 4 is 17.2 Å². The standard InChI is InChI=1S/C10H8ClF4N3/c1-2-5-3-6(11)18-7(4-5)16-9(17-18)10(14,15)8(12)13/h3-4,8H,2H2,1H3. The molecule has 98 valence electrons. The Kier molecular flexibility index (Phi) is 3.18. The first-order valence-corrected chi connectivity index (χ1v) is 5.45. The summed E-state index contributed by atoms with van der Waals surface area (Å²) in [4.78, 5) is 3.41. The summed E-state index contributed by atoms with van der Waals surface area (Å²) in [5.41, 5.74) is 0.779. The molecule has 0 unspecified atom stereocenters. The lowest BCUT2D eigenvalue weighted by Crippen LogP contribution is -2.25. The topological polar surface area (TPSA) is 30.2 Å². The van der Waals surface area contributed by atoms with Gasteiger partial charge in [0.2, 0.25) is 5.82 Å². The van der Waals surface area contributed by atoms with Gasteiger partial charge in [0.05, 0.1) is 0 Å². The Balaban J connectivity index is 2.60. The van der Waals surface area contributed by atoms with E-state index in [9.17, 15) is 17.6 Å². The molecule has 0 aliphatic heterocycles. The summed E-state index contributed by atoms with van der Waals surface area (Å²) in [6, 6.07) is 3.00. The number of halogens is 5. The third-order valence-electron chi connectivity index (χ3n) is 2.43. The summed E-state index contributed by atoms with van der Waals surface area (Å²) in [7, 11) is 0. The van der Waals surface area contributed by atoms with Crippen LogP contribution >= 0.6 is 11.6 Å². The summed E-state index contributed by atoms with van der Waals surface area (Å²) >= 11 is 5.81. The SMILES string of the molecule is CCc1cc(Cl)n2nc(C(F)(F)C(F)F)nc2c1. The minimum absolute atomic E-state index is 0.0228. The van der Waals surface area contributed by atoms with Crippen LogP contribution in [0, 0.1) is 0 Å². The Morgan fingerprint density at radius 3 is 2.61 bits per heavy atom. The maximum atomic E-state index is 13.1. The summed E-state index contributed by atoms with van der Waals surface area (Å²) in [5, 5.41) is 3.37. The van der Waals surface area contributed by atoms with E-state index < -0.39 is 18.2 Å². The maximum absolute atomic E-state index is 13.1. The number of hydrogen-bond donors (Lipinski definition) is 0. The van der Waals surface area contributed by atoms with Crippen LogP contribution in [0.3, 0.4) is 0 Å². The average molecular weight is 282 g/mol. The highest BCUT2D eigenvalue weighted by Gasteiger charge is 2.47. The molecule has 0 atom stereocenters. The predicted molar refractivity (Wildman–Crippen MR) is 57.3 cm³/mol. The van der Waals surface area contributed by atoms with Crippen molar-refractivity contribution in [3.63, 3.8) is 0 Å². The van der Waals surface area contributed by atoms with Gasteiger partial charge in [-0.25, -0.2) is 18.3 Å². The zero-order chi connectivity index (χ0) is 13.5. The second-order valence-corrected chi connectivity index (χ2v) is 4.06. The molecule has 0 fully saturated rings. The largest absolute Gasteiger partial charge is 0.367 e. The smallest absolute Gasteiger partial charge is 0.206 e. The number of pyridine rings is 1. The zero-order valence-electron chi connectivity index (χ0n) is 9.17. The van der Waals surface area contributed by atoms with Gasteiger partial charge < -0.3 is 0 Å². The third-order valence-corrected chi connectivity index (χ3v) is 2.70. The molecule has 2 rings (SSSR count). The van der Waals surface area contributed by atoms with E-state index >= 15 is 0 Å². The number of nitrogens with zero attached hydrogens (tertiary/aromatic N) is 3. The normalized spacial score (nSPS) is 12.6. The van der Waals surface area contributed by atoms with Gasteiger partial charge in [0.25, 0.3) is 0 Å². The molecule has 3 nitrogen and oxygen atoms in total. The van der Waals surface area contributed by atoms with Crippen LogP contribution in [-0.2, 0) is 12.3 Å². The van der Waals surface area contributed by atoms with Gasteiger partial charge in [-0.2, -0.15) is 8.78 Å². The van der Waals surface area contributed by atoms with Crippen molar-refractivity contribution in [3.05, 3.63) is 28.7 Å². The lowest BCUT2D eigenvalue weighted by atomic mass is 10.2. The number of aryl methyl sites for hydroxylation is 1. The molecule has 2 aromatic heterocycles. The molecule has 0 saturated heterocycles. The Morgan fingerprint density at radius 2 is 2.06 bits per heavy atom. The first-order chi connectivity index (χ1) is 8.36. The number of rotatable bonds is 3. The summed E-state index contributed by atoms with van der Waals surface area (Å²) in [6.07, 6.45) is -3.25. The van der Waals surface area contributed by atoms with Crippen molar-refractivity contribution in [1.29, 1.82) is 0 Å². The van der Waals surface area contributed by atoms with Crippen LogP contribution in [0.2, 0.25) is 5.15 Å². The molecule has 18 heavy (non-hydrogen) atoms. The van der Waals surface area contributed by atoms with Gasteiger partial charge in [0.1, 0.15) is 5.15 Å². The Hall–Kier alpha value is -1.37. The molecule has 0 aromatic carbocycles. The van der Waals surface area contributed by atoms with E-state index in [0.29, 0.717) is 6.42 Å². The monoisotopic (exact) mass is 281 g/mol. The van der Waals surface area contributed by atoms with Gasteiger partial charge in [-0.05, 0) is 24.1 Å². The fraction of sp³-hybridized carbons (Fsp3) is 0.400. The summed E-state index contributed by atoms with van der Waals surface area (Å²) in [6.45, 7) is 1.84. The molecule has 0 aliphatic carbocycles. The number of aromatic nitrogens is 3. The van der Waals surface area contributed by atoms with Gasteiger partial charge in [0, 0.05) is 0 Å². The molecule has 0 spiro atoms. The molecule has 0 N–H and O–H groups in total. The van der Waals surface area contributed by atoms with Gasteiger partial charge in [-0.1, -0.05) is 18.5 Å². The fourth-order valence-corrected chi connectivity index (χ4v) is 1.70. The quantitative estimate of drug-likeness (QED) is 0.638. The average Bonchev–Trinajstić information content (AvgIpc) is 2.73. The van der Waals surface area contributed by atoms with Crippen molar-refractivity contribution < 1.29 is 17.6 Å². The molecule has 8 heteroatoms. The predicted octanol–water partition coefficient (Wildman–Crippen LogP) is 3.30. The van der Waals surface area contributed by atoms with E-state index in [4.69, 9.17) is 11.6 Å². The van der Waals surface area contributed by atoms with Crippen LogP contribution in [0.15, 0.2) is 12.1 Å². The first-order valence-electron chi connectivity index (χ1n) is 5.08. The maximum Gasteiger partial charge on any atom is 0.367 e. The van der Waals surface area contributed by atoms with E-state index in [1.165, 1.54) is 12.1 Å². The van der Waals surface area contributed by atoms with Crippen LogP contribution in [0.25, 0.3) is 5.65 Å². The van der Waals surface area contributed by atoms with Gasteiger partial charge in [0.15, 0.2) is 5.65 Å². The van der Waals surface area contributed by atoms with E-state index in [0.717, 1.165) is 10.1 Å². The molecule has 0 bridgehead atoms. The van der Waals surface area contributed by atoms with Crippen LogP contribution in [0.5, 0.6) is 0 Å². The third kappa shape index (κ3) is 2.03. The van der Waals surface area contributed by atoms with Crippen molar-refractivity contribution in [2.75, 3.05) is 0 Å². The van der Waals surface area contributed by atoms with Gasteiger partial charge >= 0.3 is 12.3 Å². The minimum atomic E-state index is -4.39. The summed E-state index contributed by atoms with van der Waals surface area (Å²) < 4.78 is 51.5. The Morgan fingerprint density at radius 1 is 1.39 bits per heavy atom. The molecular weight excluding hydrogens is 274 g/mol. The van der Waals surface area contributed by atoms with Crippen LogP contribution in [0.1, 0.15) is 18.3 Å². The molecule has 2 aromatic rings. The van der Waals surface area contributed by atoms with Crippen molar-refractivity contribution in [1.82, 2.24) is 14.6 Å². The highest BCUT2D eigenvalue weighted by atomic mass is 35.5. The van der Waals surface area contributed by atoms with E-state index in [-0.39, 0.29) is 10.8 Å². The van der Waals surface area contributed by atoms with Crippen molar-refractivity contribution in [3.8, 4) is 0 Å². The van der Waals surface area contributed by atoms with E-state index in [1.807, 2.05) is 6.92 Å². The van der Waals surface area contributed by atoms with Crippen LogP contribution in [-0.4, -0.2) is 21.0 Å². The Labute approximate surface area is 104 Å². The van der Waals surface area contributed by atoms with Crippen LogP contribution in [0.4, 0.5) is 17.6 Å². The second-order valence-electron chi connectivity index (χ2n) is 3.67. The lowest BCUT2D eigenvalue weighted by molar-refractivity contribution is -0.140. The van der Waals surface area contributed by atoms with Gasteiger partial charge in [-0.15, -0.1) is 5.10 Å². The highest BCUT2D eigenvalue weighted by Crippen LogP contribution is 2.32. The minimum Gasteiger partial charge on any atom is -0.206 e. The zero-order valence-corrected chi connectivity index (χ0v) is 9.93. The fourth-order valence-electron chi connectivity index (χ4n) is 1.44. The highest BCUT2D eigenvalue weighted by molar-refractivity contribution is 6.29. The van der Waals surface area contributed by atoms with E-state index in [1.54, 1.807) is 0 Å². The van der Waals surface area contributed by atoms with Gasteiger partial charge in [-0.3, -0.25) is 0 Å². The molecule has 0 amide bonds. The number of hydrogen-bond acceptors (Lipinski definition) is 2. The molecule has 0 saturated carbocycles. The van der Waals surface area contributed by atoms with Crippen molar-refractivity contribution in [2.45, 2.75) is 25.7 Å². The summed E-state index contributed by atoms with van der Waals surface area (Å²) in [5.74, 6) is -5.62. The number of fused-ring (bicyclic) bond motifs is 1. The Bertz CT molecular complexity index is 582. The second kappa shape index (κ2) is 4.38. The molecule has 2 heterocycles. The van der Waals surface area contributed by atoms with Crippen molar-refractivity contribution in [2.24, 2.45) is 0 Å². The molecule has 0 aliphatic rings.